The average Bonchev–Trinajstić information content (AvgIpc) is 2.59. The van der Waals surface area contributed by atoms with E-state index >= 15 is 0 Å². The van der Waals surface area contributed by atoms with E-state index in [9.17, 15) is 9.90 Å². The second kappa shape index (κ2) is 6.37. The minimum atomic E-state index is -0.335. The molecule has 0 heterocycles. The van der Waals surface area contributed by atoms with Gasteiger partial charge in [0.2, 0.25) is 0 Å². The van der Waals surface area contributed by atoms with Gasteiger partial charge in [0.1, 0.15) is 18.2 Å². The zero-order chi connectivity index (χ0) is 16.2. The third-order valence-electron chi connectivity index (χ3n) is 3.50. The van der Waals surface area contributed by atoms with Crippen LogP contribution in [0.2, 0.25) is 0 Å². The topological polar surface area (TPSA) is 84.6 Å². The molecular formula is C18H16N2O3. The van der Waals surface area contributed by atoms with Crippen molar-refractivity contribution in [2.45, 2.75) is 0 Å². The minimum Gasteiger partial charge on any atom is -0.505 e. The molecule has 0 aliphatic heterocycles. The smallest absolute Gasteiger partial charge is 0.255 e. The van der Waals surface area contributed by atoms with Crippen LogP contribution in [0.1, 0.15) is 10.4 Å². The number of fused-ring (bicyclic) bond motifs is 1. The summed E-state index contributed by atoms with van der Waals surface area (Å²) in [7, 11) is 0. The summed E-state index contributed by atoms with van der Waals surface area (Å²) in [6.45, 7) is -0.0635. The lowest BCUT2D eigenvalue weighted by atomic mass is 10.1. The summed E-state index contributed by atoms with van der Waals surface area (Å²) in [5.41, 5.74) is 6.15. The van der Waals surface area contributed by atoms with Crippen molar-refractivity contribution in [3.63, 3.8) is 0 Å². The van der Waals surface area contributed by atoms with E-state index in [1.807, 2.05) is 24.3 Å². The Morgan fingerprint density at radius 3 is 2.52 bits per heavy atom. The number of carbonyl (C=O) groups is 1. The second-order valence-corrected chi connectivity index (χ2v) is 4.95. The maximum atomic E-state index is 12.3. The number of carbonyl (C=O) groups excluding carboxylic acids is 1. The van der Waals surface area contributed by atoms with Crippen molar-refractivity contribution in [2.24, 2.45) is 5.73 Å². The zero-order valence-corrected chi connectivity index (χ0v) is 12.3. The molecule has 23 heavy (non-hydrogen) atoms. The highest BCUT2D eigenvalue weighted by Gasteiger charge is 2.17. The zero-order valence-electron chi connectivity index (χ0n) is 12.3. The van der Waals surface area contributed by atoms with Gasteiger partial charge in [-0.2, -0.15) is 0 Å². The third kappa shape index (κ3) is 2.95. The van der Waals surface area contributed by atoms with E-state index < -0.39 is 0 Å². The Kier molecular flexibility index (Phi) is 4.12. The number of rotatable bonds is 4. The van der Waals surface area contributed by atoms with E-state index in [0.717, 1.165) is 5.39 Å². The second-order valence-electron chi connectivity index (χ2n) is 4.95. The molecule has 116 valence electrons. The van der Waals surface area contributed by atoms with Crippen molar-refractivity contribution in [2.75, 3.05) is 12.0 Å². The fourth-order valence-electron chi connectivity index (χ4n) is 2.40. The first-order chi connectivity index (χ1) is 11.2. The third-order valence-corrected chi connectivity index (χ3v) is 3.50. The number of anilines is 1. The highest BCUT2D eigenvalue weighted by atomic mass is 16.5. The molecule has 0 radical (unpaired) electrons. The Bertz CT molecular complexity index is 848. The standard InChI is InChI=1S/C18H16N2O3/c19-11-23-15-10-13-8-4-5-9-14(13)17(21)16(15)20-18(22)12-6-2-1-3-7-12/h1-10,21H,11,19H2,(H,20,22). The highest BCUT2D eigenvalue weighted by Crippen LogP contribution is 2.40. The maximum absolute atomic E-state index is 12.3. The van der Waals surface area contributed by atoms with Crippen molar-refractivity contribution >= 4 is 22.4 Å². The number of nitrogens with one attached hydrogen (secondary N) is 1. The van der Waals surface area contributed by atoms with E-state index in [0.29, 0.717) is 16.7 Å². The molecule has 0 unspecified atom stereocenters. The van der Waals surface area contributed by atoms with Gasteiger partial charge in [0, 0.05) is 10.9 Å². The molecule has 4 N–H and O–H groups in total. The molecule has 1 amide bonds. The van der Waals surface area contributed by atoms with Crippen LogP contribution in [0.4, 0.5) is 5.69 Å². The number of phenolic OH excluding ortho intramolecular Hbond substituents is 1. The summed E-state index contributed by atoms with van der Waals surface area (Å²) in [4.78, 5) is 12.3. The summed E-state index contributed by atoms with van der Waals surface area (Å²) in [5, 5.41) is 14.6. The molecule has 0 bridgehead atoms. The van der Waals surface area contributed by atoms with Gasteiger partial charge in [-0.1, -0.05) is 42.5 Å². The Balaban J connectivity index is 2.06. The molecule has 0 saturated carbocycles. The van der Waals surface area contributed by atoms with Crippen molar-refractivity contribution in [3.05, 3.63) is 66.2 Å². The van der Waals surface area contributed by atoms with E-state index in [2.05, 4.69) is 5.32 Å². The van der Waals surface area contributed by atoms with Crippen LogP contribution in [0.25, 0.3) is 10.8 Å². The number of hydrogen-bond donors (Lipinski definition) is 3. The van der Waals surface area contributed by atoms with Crippen molar-refractivity contribution < 1.29 is 14.6 Å². The Morgan fingerprint density at radius 1 is 1.09 bits per heavy atom. The van der Waals surface area contributed by atoms with Crippen LogP contribution in [-0.4, -0.2) is 17.7 Å². The average molecular weight is 308 g/mol. The SMILES string of the molecule is NCOc1cc2ccccc2c(O)c1NC(=O)c1ccccc1. The highest BCUT2D eigenvalue weighted by molar-refractivity contribution is 6.08. The van der Waals surface area contributed by atoms with Crippen LogP contribution in [0, 0.1) is 0 Å². The predicted octanol–water partition coefficient (Wildman–Crippen LogP) is 3.09. The molecule has 0 aliphatic carbocycles. The summed E-state index contributed by atoms with van der Waals surface area (Å²) in [6, 6.07) is 17.8. The fraction of sp³-hybridized carbons (Fsp3) is 0.0556. The first-order valence-corrected chi connectivity index (χ1v) is 7.14. The Labute approximate surface area is 133 Å². The lowest BCUT2D eigenvalue weighted by molar-refractivity contribution is 0.102. The number of aromatic hydroxyl groups is 1. The van der Waals surface area contributed by atoms with E-state index in [1.54, 1.807) is 36.4 Å². The van der Waals surface area contributed by atoms with Crippen LogP contribution < -0.4 is 15.8 Å². The molecule has 0 aliphatic rings. The summed E-state index contributed by atoms with van der Waals surface area (Å²) in [5.74, 6) is -0.0538. The number of amides is 1. The molecule has 5 heteroatoms. The molecular weight excluding hydrogens is 292 g/mol. The normalized spacial score (nSPS) is 10.5. The van der Waals surface area contributed by atoms with Crippen LogP contribution >= 0.6 is 0 Å². The van der Waals surface area contributed by atoms with Gasteiger partial charge in [-0.15, -0.1) is 0 Å². The lowest BCUT2D eigenvalue weighted by Gasteiger charge is -2.15. The lowest BCUT2D eigenvalue weighted by Crippen LogP contribution is -2.15. The Hall–Kier alpha value is -3.05. The van der Waals surface area contributed by atoms with E-state index in [1.165, 1.54) is 0 Å². The maximum Gasteiger partial charge on any atom is 0.255 e. The van der Waals surface area contributed by atoms with Crippen LogP contribution in [0.3, 0.4) is 0 Å². The summed E-state index contributed by atoms with van der Waals surface area (Å²) < 4.78 is 5.37. The van der Waals surface area contributed by atoms with E-state index in [4.69, 9.17) is 10.5 Å². The monoisotopic (exact) mass is 308 g/mol. The summed E-state index contributed by atoms with van der Waals surface area (Å²) >= 11 is 0. The van der Waals surface area contributed by atoms with Gasteiger partial charge < -0.3 is 15.2 Å². The van der Waals surface area contributed by atoms with Gasteiger partial charge >= 0.3 is 0 Å². The molecule has 0 saturated heterocycles. The van der Waals surface area contributed by atoms with Gasteiger partial charge in [-0.05, 0) is 23.6 Å². The van der Waals surface area contributed by atoms with Crippen molar-refractivity contribution in [3.8, 4) is 11.5 Å². The van der Waals surface area contributed by atoms with Gasteiger partial charge in [0.05, 0.1) is 0 Å². The van der Waals surface area contributed by atoms with Crippen LogP contribution in [0.5, 0.6) is 11.5 Å². The number of phenols is 1. The van der Waals surface area contributed by atoms with Crippen molar-refractivity contribution in [1.29, 1.82) is 0 Å². The van der Waals surface area contributed by atoms with Gasteiger partial charge in [-0.3, -0.25) is 10.5 Å². The molecule has 3 aromatic rings. The molecule has 0 fully saturated rings. The first-order valence-electron chi connectivity index (χ1n) is 7.14. The number of hydrogen-bond acceptors (Lipinski definition) is 4. The van der Waals surface area contributed by atoms with E-state index in [-0.39, 0.29) is 24.1 Å². The van der Waals surface area contributed by atoms with Gasteiger partial charge in [-0.25, -0.2) is 0 Å². The molecule has 3 rings (SSSR count). The van der Waals surface area contributed by atoms with Gasteiger partial charge in [0.15, 0.2) is 5.75 Å². The molecule has 0 spiro atoms. The Morgan fingerprint density at radius 2 is 1.78 bits per heavy atom. The first kappa shape index (κ1) is 14.9. The van der Waals surface area contributed by atoms with Gasteiger partial charge in [0.25, 0.3) is 5.91 Å². The fourth-order valence-corrected chi connectivity index (χ4v) is 2.40. The largest absolute Gasteiger partial charge is 0.505 e. The quantitative estimate of drug-likeness (QED) is 0.511. The number of ether oxygens (including phenoxy) is 1. The van der Waals surface area contributed by atoms with Crippen molar-refractivity contribution in [1.82, 2.24) is 0 Å². The van der Waals surface area contributed by atoms with Crippen LogP contribution in [-0.2, 0) is 0 Å². The molecule has 0 atom stereocenters. The molecule has 3 aromatic carbocycles. The summed E-state index contributed by atoms with van der Waals surface area (Å²) in [6.07, 6.45) is 0. The molecule has 5 nitrogen and oxygen atoms in total. The number of benzene rings is 3. The molecule has 0 aromatic heterocycles. The minimum absolute atomic E-state index is 0.0455. The van der Waals surface area contributed by atoms with Crippen LogP contribution in [0.15, 0.2) is 60.7 Å². The predicted molar refractivity (Wildman–Crippen MR) is 89.7 cm³/mol. The number of nitrogens with two attached hydrogens (primary N) is 1.